The van der Waals surface area contributed by atoms with Gasteiger partial charge in [-0.15, -0.1) is 0 Å². The van der Waals surface area contributed by atoms with E-state index in [2.05, 4.69) is 16.7 Å². The Kier molecular flexibility index (Phi) is 3.85. The van der Waals surface area contributed by atoms with E-state index < -0.39 is 0 Å². The van der Waals surface area contributed by atoms with E-state index in [9.17, 15) is 5.11 Å². The first-order valence-corrected chi connectivity index (χ1v) is 7.51. The van der Waals surface area contributed by atoms with Gasteiger partial charge < -0.3 is 9.84 Å². The van der Waals surface area contributed by atoms with Gasteiger partial charge in [-0.3, -0.25) is 9.80 Å². The summed E-state index contributed by atoms with van der Waals surface area (Å²) in [5.41, 5.74) is 0.961. The maximum absolute atomic E-state index is 10.0. The number of rotatable bonds is 3. The smallest absolute Gasteiger partial charge is 0.120 e. The van der Waals surface area contributed by atoms with Gasteiger partial charge in [-0.1, -0.05) is 0 Å². The molecule has 0 aromatic heterocycles. The molecule has 0 amide bonds. The molecule has 1 N–H and O–H groups in total. The molecule has 0 aliphatic carbocycles. The summed E-state index contributed by atoms with van der Waals surface area (Å²) in [6, 6.07) is 6.72. The maximum Gasteiger partial charge on any atom is 0.120 e. The molecule has 2 fully saturated rings. The normalized spacial score (nSPS) is 27.5. The van der Waals surface area contributed by atoms with Crippen molar-refractivity contribution in [2.75, 3.05) is 26.7 Å². The van der Waals surface area contributed by atoms with Crippen LogP contribution in [0.3, 0.4) is 0 Å². The van der Waals surface area contributed by atoms with Crippen molar-refractivity contribution in [3.63, 3.8) is 0 Å². The highest BCUT2D eigenvalue weighted by Gasteiger charge is 2.34. The second kappa shape index (κ2) is 5.62. The Hall–Kier alpha value is -1.26. The van der Waals surface area contributed by atoms with Crippen molar-refractivity contribution < 1.29 is 9.84 Å². The van der Waals surface area contributed by atoms with Crippen molar-refractivity contribution in [3.05, 3.63) is 23.8 Å². The van der Waals surface area contributed by atoms with Gasteiger partial charge in [0.15, 0.2) is 0 Å². The van der Waals surface area contributed by atoms with Crippen LogP contribution in [0.5, 0.6) is 11.5 Å². The van der Waals surface area contributed by atoms with Gasteiger partial charge >= 0.3 is 0 Å². The van der Waals surface area contributed by atoms with Gasteiger partial charge in [0.2, 0.25) is 0 Å². The van der Waals surface area contributed by atoms with Gasteiger partial charge in [-0.05, 0) is 44.5 Å². The fourth-order valence-corrected chi connectivity index (χ4v) is 3.50. The number of nitrogens with zero attached hydrogens (tertiary/aromatic N) is 2. The van der Waals surface area contributed by atoms with Crippen LogP contribution < -0.4 is 4.74 Å². The van der Waals surface area contributed by atoms with Crippen LogP contribution in [0.4, 0.5) is 0 Å². The fraction of sp³-hybridized carbons (Fsp3) is 0.625. The highest BCUT2D eigenvalue weighted by Crippen LogP contribution is 2.29. The third kappa shape index (κ3) is 2.63. The summed E-state index contributed by atoms with van der Waals surface area (Å²) < 4.78 is 5.26. The zero-order chi connectivity index (χ0) is 14.1. The Morgan fingerprint density at radius 3 is 3.00 bits per heavy atom. The fourth-order valence-electron chi connectivity index (χ4n) is 3.50. The van der Waals surface area contributed by atoms with E-state index in [0.717, 1.165) is 30.9 Å². The number of aromatic hydroxyl groups is 1. The summed E-state index contributed by atoms with van der Waals surface area (Å²) in [4.78, 5) is 5.10. The van der Waals surface area contributed by atoms with E-state index in [1.54, 1.807) is 19.2 Å². The molecule has 4 nitrogen and oxygen atoms in total. The van der Waals surface area contributed by atoms with Crippen molar-refractivity contribution in [3.8, 4) is 11.5 Å². The Balaban J connectivity index is 1.73. The van der Waals surface area contributed by atoms with Gasteiger partial charge in [0, 0.05) is 37.3 Å². The van der Waals surface area contributed by atoms with Crippen LogP contribution in [-0.2, 0) is 6.54 Å². The summed E-state index contributed by atoms with van der Waals surface area (Å²) in [5.74, 6) is 1.18. The van der Waals surface area contributed by atoms with Crippen molar-refractivity contribution in [2.24, 2.45) is 0 Å². The highest BCUT2D eigenvalue weighted by molar-refractivity contribution is 5.39. The molecular formula is C16H24N2O2. The molecule has 0 radical (unpaired) electrons. The standard InChI is InChI=1S/C16H24N2O2/c1-12-9-17-7-3-4-14(17)11-18(12)10-13-8-15(20-2)5-6-16(13)19/h5-6,8,12,14,19H,3-4,7,9-11H2,1-2H3. The third-order valence-electron chi connectivity index (χ3n) is 4.73. The summed E-state index contributed by atoms with van der Waals surface area (Å²) in [5, 5.41) is 10.0. The Morgan fingerprint density at radius 2 is 2.20 bits per heavy atom. The Bertz CT molecular complexity index is 478. The summed E-state index contributed by atoms with van der Waals surface area (Å²) in [6.07, 6.45) is 2.64. The molecule has 0 bridgehead atoms. The van der Waals surface area contributed by atoms with Crippen LogP contribution in [0, 0.1) is 0 Å². The number of hydrogen-bond acceptors (Lipinski definition) is 4. The molecule has 2 unspecified atom stereocenters. The van der Waals surface area contributed by atoms with Crippen molar-refractivity contribution in [1.82, 2.24) is 9.80 Å². The number of phenolic OH excluding ortho intramolecular Hbond substituents is 1. The number of benzene rings is 1. The van der Waals surface area contributed by atoms with Crippen LogP contribution in [0.1, 0.15) is 25.3 Å². The minimum atomic E-state index is 0.367. The molecule has 0 spiro atoms. The van der Waals surface area contributed by atoms with Gasteiger partial charge in [-0.25, -0.2) is 0 Å². The van der Waals surface area contributed by atoms with Crippen molar-refractivity contribution in [1.29, 1.82) is 0 Å². The molecule has 3 rings (SSSR count). The van der Waals surface area contributed by atoms with Crippen molar-refractivity contribution in [2.45, 2.75) is 38.4 Å². The average Bonchev–Trinajstić information content (AvgIpc) is 2.88. The highest BCUT2D eigenvalue weighted by atomic mass is 16.5. The quantitative estimate of drug-likeness (QED) is 0.917. The molecule has 2 aliphatic heterocycles. The lowest BCUT2D eigenvalue weighted by molar-refractivity contribution is 0.0535. The van der Waals surface area contributed by atoms with Crippen LogP contribution >= 0.6 is 0 Å². The van der Waals surface area contributed by atoms with E-state index in [4.69, 9.17) is 4.74 Å². The molecule has 2 saturated heterocycles. The number of piperazine rings is 1. The predicted molar refractivity (Wildman–Crippen MR) is 79.1 cm³/mol. The minimum Gasteiger partial charge on any atom is -0.508 e. The molecule has 2 atom stereocenters. The second-order valence-electron chi connectivity index (χ2n) is 6.06. The number of phenols is 1. The largest absolute Gasteiger partial charge is 0.508 e. The van der Waals surface area contributed by atoms with Crippen molar-refractivity contribution >= 4 is 0 Å². The summed E-state index contributed by atoms with van der Waals surface area (Å²) in [6.45, 7) is 6.60. The molecule has 2 aliphatic rings. The zero-order valence-electron chi connectivity index (χ0n) is 12.4. The van der Waals surface area contributed by atoms with Crippen LogP contribution in [0.15, 0.2) is 18.2 Å². The topological polar surface area (TPSA) is 35.9 Å². The maximum atomic E-state index is 10.0. The first-order valence-electron chi connectivity index (χ1n) is 7.51. The number of fused-ring (bicyclic) bond motifs is 1. The monoisotopic (exact) mass is 276 g/mol. The number of hydrogen-bond donors (Lipinski definition) is 1. The van der Waals surface area contributed by atoms with E-state index in [1.807, 2.05) is 6.07 Å². The lowest BCUT2D eigenvalue weighted by Gasteiger charge is -2.42. The van der Waals surface area contributed by atoms with Crippen LogP contribution in [-0.4, -0.2) is 53.7 Å². The summed E-state index contributed by atoms with van der Waals surface area (Å²) in [7, 11) is 1.66. The van der Waals surface area contributed by atoms with Gasteiger partial charge in [0.25, 0.3) is 0 Å². The molecule has 110 valence electrons. The zero-order valence-corrected chi connectivity index (χ0v) is 12.4. The lowest BCUT2D eigenvalue weighted by Crippen LogP contribution is -2.54. The van der Waals surface area contributed by atoms with E-state index in [1.165, 1.54) is 19.4 Å². The molecule has 2 heterocycles. The van der Waals surface area contributed by atoms with Gasteiger partial charge in [0.1, 0.15) is 11.5 Å². The SMILES string of the molecule is COc1ccc(O)c(CN2CC3CCCN3CC2C)c1. The second-order valence-corrected chi connectivity index (χ2v) is 6.06. The summed E-state index contributed by atoms with van der Waals surface area (Å²) >= 11 is 0. The van der Waals surface area contributed by atoms with Gasteiger partial charge in [-0.2, -0.15) is 0 Å². The Morgan fingerprint density at radius 1 is 1.35 bits per heavy atom. The van der Waals surface area contributed by atoms with E-state index in [0.29, 0.717) is 17.8 Å². The lowest BCUT2D eigenvalue weighted by atomic mass is 10.1. The molecule has 0 saturated carbocycles. The number of methoxy groups -OCH3 is 1. The predicted octanol–water partition coefficient (Wildman–Crippen LogP) is 2.07. The third-order valence-corrected chi connectivity index (χ3v) is 4.73. The molecule has 4 heteroatoms. The first kappa shape index (κ1) is 13.7. The van der Waals surface area contributed by atoms with Crippen LogP contribution in [0.2, 0.25) is 0 Å². The molecule has 1 aromatic rings. The molecule has 20 heavy (non-hydrogen) atoms. The van der Waals surface area contributed by atoms with E-state index >= 15 is 0 Å². The first-order chi connectivity index (χ1) is 9.67. The number of ether oxygens (including phenoxy) is 1. The van der Waals surface area contributed by atoms with E-state index in [-0.39, 0.29) is 0 Å². The van der Waals surface area contributed by atoms with Crippen LogP contribution in [0.25, 0.3) is 0 Å². The van der Waals surface area contributed by atoms with Gasteiger partial charge in [0.05, 0.1) is 7.11 Å². The average molecular weight is 276 g/mol. The Labute approximate surface area is 120 Å². The minimum absolute atomic E-state index is 0.367. The molecule has 1 aromatic carbocycles. The molecular weight excluding hydrogens is 252 g/mol.